The Morgan fingerprint density at radius 2 is 2.03 bits per heavy atom. The van der Waals surface area contributed by atoms with E-state index >= 15 is 0 Å². The summed E-state index contributed by atoms with van der Waals surface area (Å²) in [6.45, 7) is 5.62. The van der Waals surface area contributed by atoms with E-state index < -0.39 is 28.9 Å². The van der Waals surface area contributed by atoms with Crippen molar-refractivity contribution in [3.05, 3.63) is 52.6 Å². The third kappa shape index (κ3) is 4.05. The summed E-state index contributed by atoms with van der Waals surface area (Å²) >= 11 is 0. The number of fused-ring (bicyclic) bond motifs is 1. The van der Waals surface area contributed by atoms with E-state index in [4.69, 9.17) is 9.47 Å². The maximum atomic E-state index is 13.0. The van der Waals surface area contributed by atoms with Gasteiger partial charge in [-0.3, -0.25) is 24.6 Å². The van der Waals surface area contributed by atoms with Crippen LogP contribution in [0.3, 0.4) is 0 Å². The van der Waals surface area contributed by atoms with Gasteiger partial charge >= 0.3 is 0 Å². The van der Waals surface area contributed by atoms with Crippen molar-refractivity contribution in [2.75, 3.05) is 16.8 Å². The molecule has 2 aromatic carbocycles. The average Bonchev–Trinajstić information content (AvgIpc) is 2.74. The molecule has 30 heavy (non-hydrogen) atoms. The van der Waals surface area contributed by atoms with Crippen molar-refractivity contribution < 1.29 is 24.0 Å². The Bertz CT molecular complexity index is 977. The number of benzene rings is 2. The van der Waals surface area contributed by atoms with E-state index in [-0.39, 0.29) is 11.4 Å². The zero-order valence-corrected chi connectivity index (χ0v) is 17.0. The zero-order chi connectivity index (χ0) is 21.8. The number of non-ortho nitro benzene ring substituents is 1. The Balaban J connectivity index is 1.95. The quantitative estimate of drug-likeness (QED) is 0.549. The summed E-state index contributed by atoms with van der Waals surface area (Å²) < 4.78 is 11.2. The van der Waals surface area contributed by atoms with Crippen molar-refractivity contribution >= 4 is 28.9 Å². The summed E-state index contributed by atoms with van der Waals surface area (Å²) in [6.07, 6.45) is -0.377. The van der Waals surface area contributed by atoms with Crippen LogP contribution in [0.4, 0.5) is 17.1 Å². The average molecular weight is 413 g/mol. The predicted molar refractivity (Wildman–Crippen MR) is 111 cm³/mol. The number of carbonyl (C=O) groups excluding carboxylic acids is 2. The zero-order valence-electron chi connectivity index (χ0n) is 17.0. The lowest BCUT2D eigenvalue weighted by Gasteiger charge is -2.36. The Morgan fingerprint density at radius 1 is 1.30 bits per heavy atom. The molecule has 158 valence electrons. The van der Waals surface area contributed by atoms with E-state index in [0.717, 1.165) is 0 Å². The van der Waals surface area contributed by atoms with Crippen LogP contribution in [-0.4, -0.2) is 35.5 Å². The number of rotatable bonds is 7. The summed E-state index contributed by atoms with van der Waals surface area (Å²) in [5, 5.41) is 14.0. The normalized spacial score (nSPS) is 16.3. The maximum absolute atomic E-state index is 13.0. The molecule has 3 rings (SSSR count). The molecular weight excluding hydrogens is 390 g/mol. The number of ether oxygens (including phenoxy) is 2. The second kappa shape index (κ2) is 8.81. The number of nitrogens with one attached hydrogen (secondary N) is 1. The molecule has 9 heteroatoms. The molecule has 0 saturated carbocycles. The van der Waals surface area contributed by atoms with Crippen molar-refractivity contribution in [3.63, 3.8) is 0 Å². The molecule has 1 N–H and O–H groups in total. The Labute approximate surface area is 173 Å². The van der Waals surface area contributed by atoms with E-state index in [1.807, 2.05) is 6.92 Å². The first-order valence-corrected chi connectivity index (χ1v) is 9.68. The van der Waals surface area contributed by atoms with Gasteiger partial charge in [0.2, 0.25) is 5.91 Å². The number of amides is 2. The van der Waals surface area contributed by atoms with Crippen LogP contribution in [0.5, 0.6) is 11.5 Å². The van der Waals surface area contributed by atoms with Crippen LogP contribution >= 0.6 is 0 Å². The lowest BCUT2D eigenvalue weighted by atomic mass is 10.1. The minimum Gasteiger partial charge on any atom is -0.492 e. The largest absolute Gasteiger partial charge is 0.492 e. The van der Waals surface area contributed by atoms with Gasteiger partial charge in [-0.05, 0) is 38.5 Å². The summed E-state index contributed by atoms with van der Waals surface area (Å²) in [5.74, 6) is -0.0475. The molecule has 0 aliphatic carbocycles. The predicted octanol–water partition coefficient (Wildman–Crippen LogP) is 3.52. The van der Waals surface area contributed by atoms with Gasteiger partial charge in [-0.1, -0.05) is 19.1 Å². The number of hydrogen-bond donors (Lipinski definition) is 1. The van der Waals surface area contributed by atoms with Crippen molar-refractivity contribution in [1.82, 2.24) is 0 Å². The third-order valence-electron chi connectivity index (χ3n) is 4.78. The van der Waals surface area contributed by atoms with Crippen LogP contribution in [0, 0.1) is 10.1 Å². The van der Waals surface area contributed by atoms with Crippen LogP contribution in [0.2, 0.25) is 0 Å². The minimum atomic E-state index is -0.939. The highest BCUT2D eigenvalue weighted by molar-refractivity contribution is 6.08. The van der Waals surface area contributed by atoms with Crippen molar-refractivity contribution in [1.29, 1.82) is 0 Å². The number of hydrogen-bond acceptors (Lipinski definition) is 6. The van der Waals surface area contributed by atoms with Gasteiger partial charge in [0, 0.05) is 12.1 Å². The standard InChI is InChI=1S/C21H23N3O6/c1-4-17-21(26)23(16-12-14(24(27)28)10-11-19(16)30-17)13(3)20(25)22-15-8-6-7-9-18(15)29-5-2/h6-13,17H,4-5H2,1-3H3,(H,22,25). The fraction of sp³-hybridized carbons (Fsp3) is 0.333. The van der Waals surface area contributed by atoms with E-state index in [2.05, 4.69) is 5.32 Å². The fourth-order valence-electron chi connectivity index (χ4n) is 3.25. The monoisotopic (exact) mass is 413 g/mol. The minimum absolute atomic E-state index is 0.194. The summed E-state index contributed by atoms with van der Waals surface area (Å²) in [5.41, 5.74) is 0.474. The fourth-order valence-corrected chi connectivity index (χ4v) is 3.25. The highest BCUT2D eigenvalue weighted by Gasteiger charge is 2.39. The maximum Gasteiger partial charge on any atom is 0.271 e. The van der Waals surface area contributed by atoms with Gasteiger partial charge in [0.1, 0.15) is 17.5 Å². The van der Waals surface area contributed by atoms with Crippen LogP contribution in [0.15, 0.2) is 42.5 Å². The second-order valence-corrected chi connectivity index (χ2v) is 6.73. The molecule has 0 fully saturated rings. The molecule has 1 heterocycles. The smallest absolute Gasteiger partial charge is 0.271 e. The Hall–Kier alpha value is -3.62. The number of nitro benzene ring substituents is 1. The summed E-state index contributed by atoms with van der Waals surface area (Å²) in [6, 6.07) is 10.0. The topological polar surface area (TPSA) is 111 Å². The van der Waals surface area contributed by atoms with Crippen LogP contribution < -0.4 is 19.7 Å². The van der Waals surface area contributed by atoms with Gasteiger partial charge in [-0.25, -0.2) is 0 Å². The van der Waals surface area contributed by atoms with Crippen molar-refractivity contribution in [2.45, 2.75) is 39.3 Å². The highest BCUT2D eigenvalue weighted by atomic mass is 16.6. The molecule has 0 spiro atoms. The van der Waals surface area contributed by atoms with Crippen molar-refractivity contribution in [3.8, 4) is 11.5 Å². The molecule has 2 amide bonds. The number of nitrogens with zero attached hydrogens (tertiary/aromatic N) is 2. The van der Waals surface area contributed by atoms with E-state index in [1.165, 1.54) is 23.1 Å². The molecule has 9 nitrogen and oxygen atoms in total. The number of nitro groups is 1. The molecule has 2 unspecified atom stereocenters. The van der Waals surface area contributed by atoms with Gasteiger partial charge in [0.05, 0.1) is 22.9 Å². The van der Waals surface area contributed by atoms with E-state index in [0.29, 0.717) is 30.2 Å². The Kier molecular flexibility index (Phi) is 6.20. The van der Waals surface area contributed by atoms with Crippen LogP contribution in [0.25, 0.3) is 0 Å². The first-order valence-electron chi connectivity index (χ1n) is 9.68. The number of anilines is 2. The molecule has 0 bridgehead atoms. The molecule has 1 aliphatic rings. The van der Waals surface area contributed by atoms with Gasteiger partial charge in [-0.2, -0.15) is 0 Å². The lowest BCUT2D eigenvalue weighted by Crippen LogP contribution is -2.53. The molecule has 0 aromatic heterocycles. The van der Waals surface area contributed by atoms with Gasteiger partial charge in [0.15, 0.2) is 6.10 Å². The van der Waals surface area contributed by atoms with Crippen LogP contribution in [-0.2, 0) is 9.59 Å². The first-order chi connectivity index (χ1) is 14.4. The van der Waals surface area contributed by atoms with E-state index in [9.17, 15) is 19.7 Å². The van der Waals surface area contributed by atoms with Crippen LogP contribution in [0.1, 0.15) is 27.2 Å². The second-order valence-electron chi connectivity index (χ2n) is 6.73. The van der Waals surface area contributed by atoms with Gasteiger partial charge in [-0.15, -0.1) is 0 Å². The SMILES string of the molecule is CCOc1ccccc1NC(=O)C(C)N1C(=O)C(CC)Oc2ccc([N+](=O)[O-])cc21. The third-order valence-corrected chi connectivity index (χ3v) is 4.78. The molecule has 0 radical (unpaired) electrons. The highest BCUT2D eigenvalue weighted by Crippen LogP contribution is 2.39. The summed E-state index contributed by atoms with van der Waals surface area (Å²) in [4.78, 5) is 37.9. The van der Waals surface area contributed by atoms with Gasteiger partial charge < -0.3 is 14.8 Å². The van der Waals surface area contributed by atoms with Crippen molar-refractivity contribution in [2.24, 2.45) is 0 Å². The van der Waals surface area contributed by atoms with Gasteiger partial charge in [0.25, 0.3) is 11.6 Å². The Morgan fingerprint density at radius 3 is 2.70 bits per heavy atom. The summed E-state index contributed by atoms with van der Waals surface area (Å²) in [7, 11) is 0. The molecule has 2 atom stereocenters. The molecule has 0 saturated heterocycles. The lowest BCUT2D eigenvalue weighted by molar-refractivity contribution is -0.384. The molecule has 1 aliphatic heterocycles. The number of para-hydroxylation sites is 2. The molecular formula is C21H23N3O6. The molecule has 2 aromatic rings. The van der Waals surface area contributed by atoms with E-state index in [1.54, 1.807) is 38.1 Å². The number of carbonyl (C=O) groups is 2. The first kappa shape index (κ1) is 21.1.